The molecule has 0 aromatic carbocycles. The Bertz CT molecular complexity index is 606. The number of aliphatic carboxylic acids is 1. The summed E-state index contributed by atoms with van der Waals surface area (Å²) in [5.74, 6) is 0.0363. The number of hydrogen-bond acceptors (Lipinski definition) is 3. The van der Waals surface area contributed by atoms with Crippen LogP contribution >= 0.6 is 0 Å². The average Bonchev–Trinajstić information content (AvgIpc) is 2.66. The lowest BCUT2D eigenvalue weighted by atomic mass is 9.46. The number of carboxylic acids is 1. The van der Waals surface area contributed by atoms with E-state index < -0.39 is 11.9 Å². The summed E-state index contributed by atoms with van der Waals surface area (Å²) in [6.07, 6.45) is 9.66. The van der Waals surface area contributed by atoms with Crippen LogP contribution in [0.1, 0.15) is 92.4 Å². The SMILES string of the molecule is C=C1CCC[C@@H]2[C@@](C)(CC[C@@]3(C)CC[C@H]([C@H](C)C(=O)O)OO3)[C@H](C)CC[C@@]12C. The van der Waals surface area contributed by atoms with Gasteiger partial charge < -0.3 is 5.11 Å². The van der Waals surface area contributed by atoms with Crippen molar-refractivity contribution in [2.45, 2.75) is 104 Å². The molecule has 160 valence electrons. The van der Waals surface area contributed by atoms with Gasteiger partial charge in [-0.15, -0.1) is 0 Å². The first-order valence-electron chi connectivity index (χ1n) is 11.3. The minimum Gasteiger partial charge on any atom is -0.481 e. The highest BCUT2D eigenvalue weighted by Crippen LogP contribution is 2.63. The molecule has 3 aliphatic rings. The van der Waals surface area contributed by atoms with E-state index in [9.17, 15) is 9.90 Å². The lowest BCUT2D eigenvalue weighted by Crippen LogP contribution is -2.51. The van der Waals surface area contributed by atoms with Gasteiger partial charge in [0.15, 0.2) is 0 Å². The van der Waals surface area contributed by atoms with E-state index in [0.29, 0.717) is 11.8 Å². The fraction of sp³-hybridized carbons (Fsp3) is 0.875. The Morgan fingerprint density at radius 1 is 1.21 bits per heavy atom. The Kier molecular flexibility index (Phi) is 6.05. The zero-order chi connectivity index (χ0) is 20.7. The maximum absolute atomic E-state index is 11.2. The van der Waals surface area contributed by atoms with Crippen molar-refractivity contribution in [1.82, 2.24) is 0 Å². The van der Waals surface area contributed by atoms with E-state index >= 15 is 0 Å². The van der Waals surface area contributed by atoms with E-state index in [0.717, 1.165) is 25.7 Å². The summed E-state index contributed by atoms with van der Waals surface area (Å²) < 4.78 is 0. The summed E-state index contributed by atoms with van der Waals surface area (Å²) in [6, 6.07) is 0. The second-order valence-electron chi connectivity index (χ2n) is 10.7. The van der Waals surface area contributed by atoms with Crippen LogP contribution in [0.25, 0.3) is 0 Å². The van der Waals surface area contributed by atoms with Crippen LogP contribution in [0.2, 0.25) is 0 Å². The van der Waals surface area contributed by atoms with E-state index in [-0.39, 0.29) is 22.5 Å². The first-order valence-corrected chi connectivity index (χ1v) is 11.3. The smallest absolute Gasteiger partial charge is 0.308 e. The van der Waals surface area contributed by atoms with Crippen LogP contribution in [-0.2, 0) is 14.6 Å². The highest BCUT2D eigenvalue weighted by atomic mass is 17.2. The minimum absolute atomic E-state index is 0.284. The molecule has 1 heterocycles. The Balaban J connectivity index is 1.67. The van der Waals surface area contributed by atoms with Crippen molar-refractivity contribution in [2.24, 2.45) is 28.6 Å². The van der Waals surface area contributed by atoms with Gasteiger partial charge in [-0.2, -0.15) is 0 Å². The van der Waals surface area contributed by atoms with E-state index in [2.05, 4.69) is 34.3 Å². The summed E-state index contributed by atoms with van der Waals surface area (Å²) in [4.78, 5) is 22.6. The molecule has 4 nitrogen and oxygen atoms in total. The summed E-state index contributed by atoms with van der Waals surface area (Å²) >= 11 is 0. The third-order valence-corrected chi connectivity index (χ3v) is 9.04. The largest absolute Gasteiger partial charge is 0.481 e. The van der Waals surface area contributed by atoms with Crippen LogP contribution in [0.15, 0.2) is 12.2 Å². The van der Waals surface area contributed by atoms with Crippen molar-refractivity contribution in [1.29, 1.82) is 0 Å². The van der Waals surface area contributed by atoms with Crippen LogP contribution in [0, 0.1) is 28.6 Å². The summed E-state index contributed by atoms with van der Waals surface area (Å²) in [7, 11) is 0. The highest BCUT2D eigenvalue weighted by molar-refractivity contribution is 5.70. The number of carboxylic acid groups (broad SMARTS) is 1. The number of allylic oxidation sites excluding steroid dienone is 1. The molecule has 3 rings (SSSR count). The number of rotatable bonds is 5. The zero-order valence-electron chi connectivity index (χ0n) is 18.6. The number of hydrogen-bond donors (Lipinski definition) is 1. The maximum atomic E-state index is 11.2. The molecule has 1 N–H and O–H groups in total. The summed E-state index contributed by atoms with van der Waals surface area (Å²) in [5.41, 5.74) is 1.72. The fourth-order valence-corrected chi connectivity index (χ4v) is 6.30. The monoisotopic (exact) mass is 392 g/mol. The molecule has 0 aromatic rings. The Morgan fingerprint density at radius 3 is 2.54 bits per heavy atom. The van der Waals surface area contributed by atoms with Crippen LogP contribution in [0.5, 0.6) is 0 Å². The molecule has 0 unspecified atom stereocenters. The number of fused-ring (bicyclic) bond motifs is 1. The van der Waals surface area contributed by atoms with Crippen LogP contribution < -0.4 is 0 Å². The quantitative estimate of drug-likeness (QED) is 0.450. The van der Waals surface area contributed by atoms with Gasteiger partial charge >= 0.3 is 5.97 Å². The average molecular weight is 393 g/mol. The summed E-state index contributed by atoms with van der Waals surface area (Å²) in [5, 5.41) is 9.21. The van der Waals surface area contributed by atoms with E-state index in [1.807, 2.05) is 0 Å². The molecule has 4 heteroatoms. The van der Waals surface area contributed by atoms with Gasteiger partial charge in [0.25, 0.3) is 0 Å². The molecule has 0 amide bonds. The molecule has 1 saturated heterocycles. The molecule has 0 spiro atoms. The fourth-order valence-electron chi connectivity index (χ4n) is 6.30. The molecule has 3 fully saturated rings. The normalized spacial score (nSPS) is 45.3. The van der Waals surface area contributed by atoms with Gasteiger partial charge in [0, 0.05) is 0 Å². The molecule has 1 aliphatic heterocycles. The minimum atomic E-state index is -0.822. The van der Waals surface area contributed by atoms with Gasteiger partial charge in [-0.25, -0.2) is 9.78 Å². The van der Waals surface area contributed by atoms with Gasteiger partial charge in [0.1, 0.15) is 11.7 Å². The van der Waals surface area contributed by atoms with E-state index in [1.54, 1.807) is 6.92 Å². The van der Waals surface area contributed by atoms with Gasteiger partial charge in [-0.3, -0.25) is 4.79 Å². The molecule has 28 heavy (non-hydrogen) atoms. The summed E-state index contributed by atoms with van der Waals surface area (Å²) in [6.45, 7) is 15.7. The molecule has 0 radical (unpaired) electrons. The first kappa shape index (κ1) is 21.8. The molecule has 0 aromatic heterocycles. The van der Waals surface area contributed by atoms with Gasteiger partial charge in [-0.05, 0) is 94.3 Å². The van der Waals surface area contributed by atoms with Gasteiger partial charge in [0.2, 0.25) is 0 Å². The molecule has 2 aliphatic carbocycles. The third kappa shape index (κ3) is 3.79. The maximum Gasteiger partial charge on any atom is 0.308 e. The third-order valence-electron chi connectivity index (χ3n) is 9.04. The lowest BCUT2D eigenvalue weighted by Gasteiger charge is -2.59. The highest BCUT2D eigenvalue weighted by Gasteiger charge is 2.54. The lowest BCUT2D eigenvalue weighted by molar-refractivity contribution is -0.412. The van der Waals surface area contributed by atoms with Crippen molar-refractivity contribution in [3.8, 4) is 0 Å². The van der Waals surface area contributed by atoms with E-state index in [1.165, 1.54) is 37.7 Å². The van der Waals surface area contributed by atoms with Crippen molar-refractivity contribution in [3.63, 3.8) is 0 Å². The van der Waals surface area contributed by atoms with Crippen molar-refractivity contribution < 1.29 is 19.7 Å². The second kappa shape index (κ2) is 7.75. The van der Waals surface area contributed by atoms with Crippen molar-refractivity contribution in [3.05, 3.63) is 12.2 Å². The molecule has 0 bridgehead atoms. The molecule has 2 saturated carbocycles. The van der Waals surface area contributed by atoms with Gasteiger partial charge in [-0.1, -0.05) is 32.9 Å². The van der Waals surface area contributed by atoms with Crippen molar-refractivity contribution in [2.75, 3.05) is 0 Å². The van der Waals surface area contributed by atoms with Crippen LogP contribution in [-0.4, -0.2) is 22.8 Å². The predicted molar refractivity (Wildman–Crippen MR) is 111 cm³/mol. The molecular formula is C24H40O4. The van der Waals surface area contributed by atoms with Crippen LogP contribution in [0.4, 0.5) is 0 Å². The first-order chi connectivity index (χ1) is 13.0. The molecular weight excluding hydrogens is 352 g/mol. The second-order valence-corrected chi connectivity index (χ2v) is 10.7. The predicted octanol–water partition coefficient (Wildman–Crippen LogP) is 6.16. The standard InChI is InChI=1S/C24H40O4/c1-16-8-7-9-20-23(16,5)13-10-17(2)24(20,6)15-14-22(4)12-11-19(27-28-22)18(3)21(25)26/h17-20H,1,7-15H2,2-6H3,(H,25,26)/t17-,18+,19-,20+,22-,23+,24+/m1/s1. The Morgan fingerprint density at radius 2 is 1.93 bits per heavy atom. The van der Waals surface area contributed by atoms with E-state index in [4.69, 9.17) is 9.78 Å². The van der Waals surface area contributed by atoms with Crippen molar-refractivity contribution >= 4 is 5.97 Å². The Labute approximate surface area is 171 Å². The van der Waals surface area contributed by atoms with Crippen LogP contribution in [0.3, 0.4) is 0 Å². The Hall–Kier alpha value is -0.870. The van der Waals surface area contributed by atoms with Gasteiger partial charge in [0.05, 0.1) is 5.92 Å². The zero-order valence-corrected chi connectivity index (χ0v) is 18.6. The number of carbonyl (C=O) groups is 1. The topological polar surface area (TPSA) is 55.8 Å². The molecule has 7 atom stereocenters.